The third kappa shape index (κ3) is 4.72. The Balaban J connectivity index is 1.61. The summed E-state index contributed by atoms with van der Waals surface area (Å²) in [6.45, 7) is 4.03. The molecule has 1 saturated heterocycles. The topological polar surface area (TPSA) is 83.2 Å². The predicted octanol–water partition coefficient (Wildman–Crippen LogP) is 2.26. The van der Waals surface area contributed by atoms with Crippen LogP contribution in [-0.2, 0) is 6.42 Å². The minimum atomic E-state index is -0.611. The number of nitriles is 1. The van der Waals surface area contributed by atoms with E-state index < -0.39 is 27.0 Å². The van der Waals surface area contributed by atoms with Crippen LogP contribution < -0.4 is 36.2 Å². The number of nitrogens with zero attached hydrogens (tertiary/aromatic N) is 4. The van der Waals surface area contributed by atoms with E-state index in [9.17, 15) is 14.4 Å². The summed E-state index contributed by atoms with van der Waals surface area (Å²) in [5.41, 5.74) is 3.54. The summed E-state index contributed by atoms with van der Waals surface area (Å²) in [5.74, 6) is 0.431. The number of benzene rings is 2. The maximum absolute atomic E-state index is 14.0. The molecule has 0 radical (unpaired) electrons. The van der Waals surface area contributed by atoms with Crippen LogP contribution in [0.15, 0.2) is 42.7 Å². The van der Waals surface area contributed by atoms with Gasteiger partial charge < -0.3 is 5.32 Å². The first-order valence-electron chi connectivity index (χ1n) is 12.1. The molecule has 0 unspecified atom stereocenters. The van der Waals surface area contributed by atoms with Gasteiger partial charge in [-0.2, -0.15) is 0 Å². The summed E-state index contributed by atoms with van der Waals surface area (Å²) in [7, 11) is 0. The van der Waals surface area contributed by atoms with Crippen LogP contribution in [0.1, 0.15) is 43.4 Å². The number of ether oxygens (including phenoxy) is 1. The molecule has 0 saturated carbocycles. The first-order chi connectivity index (χ1) is 17.5. The van der Waals surface area contributed by atoms with Crippen molar-refractivity contribution in [1.29, 1.82) is 5.26 Å². The SMILES string of the molecule is C[I-]C(=O)N1c2ccc(-c3cnn(C4CCNCC4)c3)c(Oc3ccc(F)c(C#N)c3)c2CC[C@@H]1C. The summed E-state index contributed by atoms with van der Waals surface area (Å²) in [5, 5.41) is 17.4. The molecule has 0 spiro atoms. The Morgan fingerprint density at radius 3 is 2.81 bits per heavy atom. The Morgan fingerprint density at radius 1 is 1.25 bits per heavy atom. The molecule has 3 heterocycles. The molecule has 1 aromatic heterocycles. The van der Waals surface area contributed by atoms with Crippen LogP contribution in [0.5, 0.6) is 11.5 Å². The Morgan fingerprint density at radius 2 is 2.06 bits per heavy atom. The van der Waals surface area contributed by atoms with Crippen LogP contribution in [-0.4, -0.2) is 37.8 Å². The zero-order chi connectivity index (χ0) is 25.2. The molecule has 7 nitrogen and oxygen atoms in total. The molecule has 0 aliphatic carbocycles. The quantitative estimate of drug-likeness (QED) is 0.211. The summed E-state index contributed by atoms with van der Waals surface area (Å²) >= 11 is -0.611. The molecule has 1 atom stereocenters. The number of rotatable bonds is 5. The van der Waals surface area contributed by atoms with Crippen molar-refractivity contribution in [2.75, 3.05) is 22.9 Å². The van der Waals surface area contributed by atoms with Gasteiger partial charge in [0.15, 0.2) is 0 Å². The number of fused-ring (bicyclic) bond motifs is 1. The van der Waals surface area contributed by atoms with Gasteiger partial charge in [0, 0.05) is 0 Å². The van der Waals surface area contributed by atoms with E-state index in [2.05, 4.69) is 23.5 Å². The molecule has 2 aromatic carbocycles. The van der Waals surface area contributed by atoms with Gasteiger partial charge in [0.1, 0.15) is 0 Å². The van der Waals surface area contributed by atoms with Crippen molar-refractivity contribution in [2.24, 2.45) is 0 Å². The van der Waals surface area contributed by atoms with Gasteiger partial charge >= 0.3 is 216 Å². The molecule has 0 bridgehead atoms. The summed E-state index contributed by atoms with van der Waals surface area (Å²) in [4.78, 5) is 16.8. The molecular formula is C27H28FIN5O2-. The van der Waals surface area contributed by atoms with Gasteiger partial charge in [-0.15, -0.1) is 0 Å². The van der Waals surface area contributed by atoms with Gasteiger partial charge in [0.2, 0.25) is 0 Å². The summed E-state index contributed by atoms with van der Waals surface area (Å²) < 4.78 is 22.6. The molecule has 1 amide bonds. The van der Waals surface area contributed by atoms with Crippen LogP contribution in [0.4, 0.5) is 14.9 Å². The Bertz CT molecular complexity index is 1330. The van der Waals surface area contributed by atoms with Crippen molar-refractivity contribution >= 4 is 9.60 Å². The molecule has 2 aliphatic rings. The molecule has 188 valence electrons. The van der Waals surface area contributed by atoms with E-state index in [0.717, 1.165) is 61.2 Å². The van der Waals surface area contributed by atoms with E-state index in [1.54, 1.807) is 0 Å². The van der Waals surface area contributed by atoms with Crippen LogP contribution in [0.25, 0.3) is 11.1 Å². The van der Waals surface area contributed by atoms with E-state index >= 15 is 0 Å². The van der Waals surface area contributed by atoms with Crippen molar-refractivity contribution in [3.63, 3.8) is 0 Å². The molecule has 5 rings (SSSR count). The first-order valence-corrected chi connectivity index (χ1v) is 15.3. The van der Waals surface area contributed by atoms with Crippen LogP contribution in [0, 0.1) is 17.1 Å². The van der Waals surface area contributed by atoms with E-state index in [1.807, 2.05) is 38.9 Å². The minimum absolute atomic E-state index is 0.0706. The Labute approximate surface area is 220 Å². The van der Waals surface area contributed by atoms with Crippen LogP contribution in [0.3, 0.4) is 0 Å². The molecule has 1 fully saturated rings. The number of hydrogen-bond acceptors (Lipinski definition) is 5. The first kappa shape index (κ1) is 24.7. The normalized spacial score (nSPS) is 18.1. The fraction of sp³-hybridized carbons (Fsp3) is 0.370. The second kappa shape index (κ2) is 10.6. The van der Waals surface area contributed by atoms with Gasteiger partial charge in [-0.1, -0.05) is 0 Å². The van der Waals surface area contributed by atoms with Crippen molar-refractivity contribution in [3.05, 3.63) is 59.7 Å². The predicted molar refractivity (Wildman–Crippen MR) is 132 cm³/mol. The van der Waals surface area contributed by atoms with Crippen LogP contribution in [0.2, 0.25) is 0 Å². The van der Waals surface area contributed by atoms with E-state index in [0.29, 0.717) is 17.5 Å². The van der Waals surface area contributed by atoms with Gasteiger partial charge in [-0.25, -0.2) is 0 Å². The number of carbonyl (C=O) groups excluding carboxylic acids is 1. The van der Waals surface area contributed by atoms with Crippen molar-refractivity contribution < 1.29 is 35.1 Å². The van der Waals surface area contributed by atoms with Gasteiger partial charge in [-0.3, -0.25) is 0 Å². The molecular weight excluding hydrogens is 572 g/mol. The monoisotopic (exact) mass is 600 g/mol. The number of hydrogen-bond donors (Lipinski definition) is 1. The van der Waals surface area contributed by atoms with Crippen molar-refractivity contribution in [3.8, 4) is 28.7 Å². The number of nitrogens with one attached hydrogen (secondary N) is 1. The van der Waals surface area contributed by atoms with Gasteiger partial charge in [0.05, 0.1) is 0 Å². The number of carbonyl (C=O) groups is 1. The third-order valence-corrected chi connectivity index (χ3v) is 8.42. The van der Waals surface area contributed by atoms with Crippen LogP contribution >= 0.6 is 0 Å². The molecule has 1 N–H and O–H groups in total. The van der Waals surface area contributed by atoms with Gasteiger partial charge in [0.25, 0.3) is 0 Å². The number of piperidine rings is 1. The zero-order valence-corrected chi connectivity index (χ0v) is 22.5. The molecule has 3 aromatic rings. The second-order valence-electron chi connectivity index (χ2n) is 9.19. The van der Waals surface area contributed by atoms with E-state index in [4.69, 9.17) is 4.74 Å². The average Bonchev–Trinajstić information content (AvgIpc) is 3.40. The Kier molecular flexibility index (Phi) is 7.25. The maximum atomic E-state index is 14.0. The van der Waals surface area contributed by atoms with Crippen molar-refractivity contribution in [2.45, 2.75) is 44.7 Å². The van der Waals surface area contributed by atoms with Gasteiger partial charge in [-0.05, 0) is 0 Å². The average molecular weight is 600 g/mol. The fourth-order valence-electron chi connectivity index (χ4n) is 5.03. The van der Waals surface area contributed by atoms with Crippen molar-refractivity contribution in [1.82, 2.24) is 15.1 Å². The molecule has 2 aliphatic heterocycles. The number of aromatic nitrogens is 2. The molecule has 36 heavy (non-hydrogen) atoms. The number of alkyl halides is 1. The third-order valence-electron chi connectivity index (χ3n) is 6.97. The van der Waals surface area contributed by atoms with E-state index in [1.165, 1.54) is 18.2 Å². The number of anilines is 1. The summed E-state index contributed by atoms with van der Waals surface area (Å²) in [6.07, 6.45) is 7.53. The number of amides is 1. The fourth-order valence-corrected chi connectivity index (χ4v) is 6.28. The second-order valence-corrected chi connectivity index (χ2v) is 11.2. The Hall–Kier alpha value is -2.97. The number of halogens is 2. The van der Waals surface area contributed by atoms with E-state index in [-0.39, 0.29) is 15.5 Å². The zero-order valence-electron chi connectivity index (χ0n) is 20.3. The standard InChI is InChI=1S/C27H28FIN5O2/c1-17-3-5-23-25(34(17)27(35)29-2)8-6-22(19-15-32-33(16-19)20-9-11-31-12-10-20)26(23)36-21-4-7-24(28)18(13-21)14-30/h4,6-8,13,15-17,20,31H,3,5,9-12H2,1-2H3/q-1/t17-/m0/s1. The molecule has 9 heteroatoms. The summed E-state index contributed by atoms with van der Waals surface area (Å²) in [6, 6.07) is 10.5.